The second-order valence-electron chi connectivity index (χ2n) is 6.89. The van der Waals surface area contributed by atoms with Crippen molar-refractivity contribution in [2.45, 2.75) is 39.2 Å². The number of esters is 2. The summed E-state index contributed by atoms with van der Waals surface area (Å²) in [6.45, 7) is 4.43. The maximum absolute atomic E-state index is 12.5. The molecular weight excluding hydrogens is 348 g/mol. The van der Waals surface area contributed by atoms with Crippen LogP contribution in [-0.4, -0.2) is 36.7 Å². The molecule has 1 aromatic carbocycles. The molecule has 0 aromatic heterocycles. The number of hydrogen-bond acceptors (Lipinski definition) is 5. The molecule has 0 unspecified atom stereocenters. The summed E-state index contributed by atoms with van der Waals surface area (Å²) < 4.78 is 10.5. The maximum Gasteiger partial charge on any atom is 0.338 e. The van der Waals surface area contributed by atoms with Crippen LogP contribution in [0.5, 0.6) is 0 Å². The molecule has 4 nitrogen and oxygen atoms in total. The summed E-state index contributed by atoms with van der Waals surface area (Å²) in [5, 5.41) is 0. The van der Waals surface area contributed by atoms with Gasteiger partial charge in [-0.3, -0.25) is 4.79 Å². The van der Waals surface area contributed by atoms with Gasteiger partial charge in [-0.05, 0) is 54.6 Å². The van der Waals surface area contributed by atoms with Gasteiger partial charge in [0.05, 0.1) is 18.4 Å². The largest absolute Gasteiger partial charge is 0.468 e. The quantitative estimate of drug-likeness (QED) is 0.380. The third-order valence-electron chi connectivity index (χ3n) is 4.80. The average molecular weight is 377 g/mol. The average Bonchev–Trinajstić information content (AvgIpc) is 2.66. The van der Waals surface area contributed by atoms with Crippen LogP contribution in [0.1, 0.15) is 43.5 Å². The number of ether oxygens (including phenoxy) is 2. The molecule has 0 fully saturated rings. The van der Waals surface area contributed by atoms with E-state index in [1.807, 2.05) is 18.2 Å². The number of rotatable bonds is 8. The number of thioether (sulfide) groups is 1. The first-order valence-corrected chi connectivity index (χ1v) is 10.3. The van der Waals surface area contributed by atoms with Crippen LogP contribution in [0.25, 0.3) is 0 Å². The van der Waals surface area contributed by atoms with E-state index in [9.17, 15) is 9.59 Å². The van der Waals surface area contributed by atoms with E-state index in [-0.39, 0.29) is 18.0 Å². The van der Waals surface area contributed by atoms with Crippen LogP contribution in [-0.2, 0) is 14.3 Å². The lowest BCUT2D eigenvalue weighted by Gasteiger charge is -2.32. The highest BCUT2D eigenvalue weighted by molar-refractivity contribution is 7.99. The molecule has 1 aliphatic rings. The Bertz CT molecular complexity index is 624. The number of allylic oxidation sites excluding steroid dienone is 1. The third kappa shape index (κ3) is 6.20. The molecule has 0 saturated carbocycles. The second-order valence-corrected chi connectivity index (χ2v) is 8.00. The summed E-state index contributed by atoms with van der Waals surface area (Å²) in [6, 6.07) is 9.13. The SMILES string of the molecule is COC(=O)CSCCC1=CC[C@@H](C(C)C)C[C@@H]1OC(=O)c1ccccc1. The van der Waals surface area contributed by atoms with Gasteiger partial charge in [-0.15, -0.1) is 11.8 Å². The summed E-state index contributed by atoms with van der Waals surface area (Å²) >= 11 is 1.55. The number of methoxy groups -OCH3 is 1. The topological polar surface area (TPSA) is 52.6 Å². The van der Waals surface area contributed by atoms with Crippen molar-refractivity contribution < 1.29 is 19.1 Å². The van der Waals surface area contributed by atoms with Gasteiger partial charge in [0.2, 0.25) is 0 Å². The molecule has 1 aliphatic carbocycles. The van der Waals surface area contributed by atoms with E-state index in [0.717, 1.165) is 25.0 Å². The van der Waals surface area contributed by atoms with Crippen molar-refractivity contribution in [2.75, 3.05) is 18.6 Å². The van der Waals surface area contributed by atoms with Crippen LogP contribution in [0.3, 0.4) is 0 Å². The van der Waals surface area contributed by atoms with Crippen LogP contribution < -0.4 is 0 Å². The smallest absolute Gasteiger partial charge is 0.338 e. The van der Waals surface area contributed by atoms with Gasteiger partial charge in [0, 0.05) is 0 Å². The van der Waals surface area contributed by atoms with Crippen molar-refractivity contribution in [1.29, 1.82) is 0 Å². The van der Waals surface area contributed by atoms with E-state index >= 15 is 0 Å². The van der Waals surface area contributed by atoms with Crippen molar-refractivity contribution in [3.8, 4) is 0 Å². The van der Waals surface area contributed by atoms with Gasteiger partial charge < -0.3 is 9.47 Å². The Hall–Kier alpha value is -1.75. The number of benzene rings is 1. The first-order chi connectivity index (χ1) is 12.5. The first-order valence-electron chi connectivity index (χ1n) is 9.10. The Morgan fingerprint density at radius 2 is 1.96 bits per heavy atom. The summed E-state index contributed by atoms with van der Waals surface area (Å²) in [5.41, 5.74) is 1.75. The lowest BCUT2D eigenvalue weighted by Crippen LogP contribution is -2.29. The molecule has 2 atom stereocenters. The summed E-state index contributed by atoms with van der Waals surface area (Å²) in [4.78, 5) is 23.7. The maximum atomic E-state index is 12.5. The first kappa shape index (κ1) is 20.6. The van der Waals surface area contributed by atoms with Crippen molar-refractivity contribution in [2.24, 2.45) is 11.8 Å². The standard InChI is InChI=1S/C21H28O4S/c1-15(2)18-10-9-16(11-12-26-14-20(22)24-3)19(13-18)25-21(23)17-7-5-4-6-8-17/h4-9,15,18-19H,10-14H2,1-3H3/t18-,19+/m1/s1. The molecular formula is C21H28O4S. The Morgan fingerprint density at radius 1 is 1.23 bits per heavy atom. The molecule has 1 aromatic rings. The Labute approximate surface area is 160 Å². The van der Waals surface area contributed by atoms with Gasteiger partial charge in [0.15, 0.2) is 0 Å². The van der Waals surface area contributed by atoms with Crippen molar-refractivity contribution in [3.63, 3.8) is 0 Å². The Kier molecular flexibility index (Phi) is 8.23. The molecule has 0 saturated heterocycles. The Morgan fingerprint density at radius 3 is 2.62 bits per heavy atom. The molecule has 0 bridgehead atoms. The van der Waals surface area contributed by atoms with Gasteiger partial charge in [0.1, 0.15) is 6.10 Å². The fourth-order valence-electron chi connectivity index (χ4n) is 3.06. The van der Waals surface area contributed by atoms with E-state index in [1.54, 1.807) is 23.9 Å². The highest BCUT2D eigenvalue weighted by Gasteiger charge is 2.29. The summed E-state index contributed by atoms with van der Waals surface area (Å²) in [7, 11) is 1.40. The molecule has 26 heavy (non-hydrogen) atoms. The number of carbonyl (C=O) groups excluding carboxylic acids is 2. The fraction of sp³-hybridized carbons (Fsp3) is 0.524. The van der Waals surface area contributed by atoms with Gasteiger partial charge in [-0.1, -0.05) is 38.1 Å². The highest BCUT2D eigenvalue weighted by atomic mass is 32.2. The minimum Gasteiger partial charge on any atom is -0.468 e. The molecule has 142 valence electrons. The molecule has 5 heteroatoms. The fourth-order valence-corrected chi connectivity index (χ4v) is 3.87. The minimum absolute atomic E-state index is 0.178. The van der Waals surface area contributed by atoms with Crippen LogP contribution in [0.4, 0.5) is 0 Å². The monoisotopic (exact) mass is 376 g/mol. The predicted molar refractivity (Wildman–Crippen MR) is 105 cm³/mol. The third-order valence-corrected chi connectivity index (χ3v) is 5.73. The number of carbonyl (C=O) groups is 2. The van der Waals surface area contributed by atoms with Crippen molar-refractivity contribution in [3.05, 3.63) is 47.5 Å². The van der Waals surface area contributed by atoms with Gasteiger partial charge in [-0.2, -0.15) is 0 Å². The van der Waals surface area contributed by atoms with E-state index in [2.05, 4.69) is 24.7 Å². The lowest BCUT2D eigenvalue weighted by molar-refractivity contribution is -0.137. The minimum atomic E-state index is -0.270. The van der Waals surface area contributed by atoms with Crippen LogP contribution in [0.15, 0.2) is 42.0 Å². The van der Waals surface area contributed by atoms with Gasteiger partial charge in [-0.25, -0.2) is 4.79 Å². The molecule has 0 spiro atoms. The zero-order valence-electron chi connectivity index (χ0n) is 15.8. The molecule has 2 rings (SSSR count). The van der Waals surface area contributed by atoms with E-state index < -0.39 is 0 Å². The van der Waals surface area contributed by atoms with Gasteiger partial charge >= 0.3 is 11.9 Å². The Balaban J connectivity index is 1.98. The van der Waals surface area contributed by atoms with Gasteiger partial charge in [0.25, 0.3) is 0 Å². The molecule has 0 amide bonds. The van der Waals surface area contributed by atoms with E-state index in [0.29, 0.717) is 23.2 Å². The molecule has 0 N–H and O–H groups in total. The van der Waals surface area contributed by atoms with Crippen molar-refractivity contribution >= 4 is 23.7 Å². The van der Waals surface area contributed by atoms with Crippen LogP contribution in [0.2, 0.25) is 0 Å². The normalized spacial score (nSPS) is 19.8. The number of hydrogen-bond donors (Lipinski definition) is 0. The second kappa shape index (κ2) is 10.4. The highest BCUT2D eigenvalue weighted by Crippen LogP contribution is 2.33. The summed E-state index contributed by atoms with van der Waals surface area (Å²) in [6.07, 6.45) is 4.76. The zero-order valence-corrected chi connectivity index (χ0v) is 16.6. The van der Waals surface area contributed by atoms with Crippen LogP contribution in [0, 0.1) is 11.8 Å². The zero-order chi connectivity index (χ0) is 18.9. The predicted octanol–water partition coefficient (Wildman–Crippen LogP) is 4.50. The van der Waals surface area contributed by atoms with Crippen molar-refractivity contribution in [1.82, 2.24) is 0 Å². The molecule has 0 radical (unpaired) electrons. The summed E-state index contributed by atoms with van der Waals surface area (Å²) in [5.74, 6) is 1.77. The molecule has 0 heterocycles. The van der Waals surface area contributed by atoms with E-state index in [1.165, 1.54) is 12.7 Å². The van der Waals surface area contributed by atoms with Crippen LogP contribution >= 0.6 is 11.8 Å². The van der Waals surface area contributed by atoms with E-state index in [4.69, 9.17) is 4.74 Å². The molecule has 0 aliphatic heterocycles. The lowest BCUT2D eigenvalue weighted by atomic mass is 9.80.